The SMILES string of the molecule is CCc1nncn1CCNC(=NCC1CCCCO1)N1CCC(C)CC1. The Kier molecular flexibility index (Phi) is 7.29. The van der Waals surface area contributed by atoms with Crippen molar-refractivity contribution in [2.75, 3.05) is 32.8 Å². The Balaban J connectivity index is 1.56. The Bertz CT molecular complexity index is 558. The van der Waals surface area contributed by atoms with Gasteiger partial charge >= 0.3 is 0 Å². The minimum Gasteiger partial charge on any atom is -0.376 e. The fourth-order valence-electron chi connectivity index (χ4n) is 3.66. The lowest BCUT2D eigenvalue weighted by atomic mass is 9.99. The van der Waals surface area contributed by atoms with Crippen LogP contribution in [0.4, 0.5) is 0 Å². The summed E-state index contributed by atoms with van der Waals surface area (Å²) in [5.41, 5.74) is 0. The minimum atomic E-state index is 0.286. The number of nitrogens with zero attached hydrogens (tertiary/aromatic N) is 5. The van der Waals surface area contributed by atoms with E-state index in [1.54, 1.807) is 0 Å². The molecule has 2 aliphatic rings. The van der Waals surface area contributed by atoms with Gasteiger partial charge in [0, 0.05) is 39.2 Å². The normalized spacial score (nSPS) is 22.6. The Morgan fingerprint density at radius 2 is 2.15 bits per heavy atom. The van der Waals surface area contributed by atoms with Crippen molar-refractivity contribution in [1.29, 1.82) is 0 Å². The van der Waals surface area contributed by atoms with Gasteiger partial charge in [-0.15, -0.1) is 10.2 Å². The van der Waals surface area contributed by atoms with Crippen LogP contribution in [0.25, 0.3) is 0 Å². The van der Waals surface area contributed by atoms with Crippen molar-refractivity contribution in [1.82, 2.24) is 25.0 Å². The number of hydrogen-bond donors (Lipinski definition) is 1. The van der Waals surface area contributed by atoms with Crippen molar-refractivity contribution < 1.29 is 4.74 Å². The molecule has 1 atom stereocenters. The van der Waals surface area contributed by atoms with E-state index in [0.717, 1.165) is 69.9 Å². The molecule has 0 aliphatic carbocycles. The second-order valence-corrected chi connectivity index (χ2v) is 7.54. The molecule has 3 heterocycles. The molecule has 0 radical (unpaired) electrons. The van der Waals surface area contributed by atoms with Crippen LogP contribution in [0, 0.1) is 5.92 Å². The zero-order valence-electron chi connectivity index (χ0n) is 16.4. The van der Waals surface area contributed by atoms with Crippen molar-refractivity contribution >= 4 is 5.96 Å². The molecule has 2 saturated heterocycles. The Morgan fingerprint density at radius 3 is 2.88 bits per heavy atom. The highest BCUT2D eigenvalue weighted by Gasteiger charge is 2.20. The van der Waals surface area contributed by atoms with Gasteiger partial charge in [0.15, 0.2) is 5.96 Å². The van der Waals surface area contributed by atoms with Gasteiger partial charge in [0.05, 0.1) is 12.6 Å². The molecule has 146 valence electrons. The van der Waals surface area contributed by atoms with Crippen molar-refractivity contribution in [2.45, 2.75) is 65.0 Å². The van der Waals surface area contributed by atoms with Crippen LogP contribution in [0.15, 0.2) is 11.3 Å². The van der Waals surface area contributed by atoms with Gasteiger partial charge in [0.2, 0.25) is 0 Å². The summed E-state index contributed by atoms with van der Waals surface area (Å²) in [4.78, 5) is 7.34. The first-order valence-electron chi connectivity index (χ1n) is 10.3. The van der Waals surface area contributed by atoms with Crippen LogP contribution in [-0.4, -0.2) is 64.5 Å². The molecule has 1 aromatic heterocycles. The monoisotopic (exact) mass is 362 g/mol. The molecule has 0 aromatic carbocycles. The predicted octanol–water partition coefficient (Wildman–Crippen LogP) is 2.09. The Labute approximate surface area is 157 Å². The quantitative estimate of drug-likeness (QED) is 0.620. The number of ether oxygens (including phenoxy) is 1. The summed E-state index contributed by atoms with van der Waals surface area (Å²) in [6.45, 7) is 9.98. The summed E-state index contributed by atoms with van der Waals surface area (Å²) in [5, 5.41) is 11.7. The average Bonchev–Trinajstić information content (AvgIpc) is 3.13. The van der Waals surface area contributed by atoms with Crippen molar-refractivity contribution in [2.24, 2.45) is 10.9 Å². The van der Waals surface area contributed by atoms with Crippen LogP contribution in [0.5, 0.6) is 0 Å². The van der Waals surface area contributed by atoms with Gasteiger partial charge in [0.1, 0.15) is 12.2 Å². The first-order chi connectivity index (χ1) is 12.8. The smallest absolute Gasteiger partial charge is 0.194 e. The Hall–Kier alpha value is -1.63. The number of nitrogens with one attached hydrogen (secondary N) is 1. The number of piperidine rings is 1. The third-order valence-electron chi connectivity index (χ3n) is 5.45. The molecule has 7 nitrogen and oxygen atoms in total. The van der Waals surface area contributed by atoms with Gasteiger partial charge < -0.3 is 19.5 Å². The van der Waals surface area contributed by atoms with E-state index in [2.05, 4.69) is 38.8 Å². The van der Waals surface area contributed by atoms with Gasteiger partial charge in [-0.3, -0.25) is 4.99 Å². The van der Waals surface area contributed by atoms with Crippen LogP contribution < -0.4 is 5.32 Å². The molecule has 1 N–H and O–H groups in total. The lowest BCUT2D eigenvalue weighted by Gasteiger charge is -2.33. The summed E-state index contributed by atoms with van der Waals surface area (Å²) in [6.07, 6.45) is 9.08. The molecular weight excluding hydrogens is 328 g/mol. The average molecular weight is 363 g/mol. The molecule has 26 heavy (non-hydrogen) atoms. The van der Waals surface area contributed by atoms with E-state index in [9.17, 15) is 0 Å². The van der Waals surface area contributed by atoms with E-state index in [1.807, 2.05) is 6.33 Å². The lowest BCUT2D eigenvalue weighted by molar-refractivity contribution is 0.0222. The lowest BCUT2D eigenvalue weighted by Crippen LogP contribution is -2.46. The summed E-state index contributed by atoms with van der Waals surface area (Å²) in [5.74, 6) is 2.89. The van der Waals surface area contributed by atoms with Gasteiger partial charge in [-0.2, -0.15) is 0 Å². The van der Waals surface area contributed by atoms with Gasteiger partial charge in [0.25, 0.3) is 0 Å². The van der Waals surface area contributed by atoms with Gasteiger partial charge in [-0.25, -0.2) is 0 Å². The van der Waals surface area contributed by atoms with E-state index >= 15 is 0 Å². The highest BCUT2D eigenvalue weighted by molar-refractivity contribution is 5.80. The van der Waals surface area contributed by atoms with E-state index < -0.39 is 0 Å². The van der Waals surface area contributed by atoms with Crippen molar-refractivity contribution in [3.8, 4) is 0 Å². The molecular formula is C19H34N6O. The molecule has 0 spiro atoms. The van der Waals surface area contributed by atoms with Crippen LogP contribution in [0.2, 0.25) is 0 Å². The molecule has 7 heteroatoms. The minimum absolute atomic E-state index is 0.286. The maximum atomic E-state index is 5.85. The highest BCUT2D eigenvalue weighted by Crippen LogP contribution is 2.17. The first-order valence-corrected chi connectivity index (χ1v) is 10.3. The van der Waals surface area contributed by atoms with E-state index in [1.165, 1.54) is 25.7 Å². The predicted molar refractivity (Wildman–Crippen MR) is 103 cm³/mol. The molecule has 2 aliphatic heterocycles. The molecule has 0 saturated carbocycles. The topological polar surface area (TPSA) is 67.6 Å². The maximum absolute atomic E-state index is 5.85. The summed E-state index contributed by atoms with van der Waals surface area (Å²) in [6, 6.07) is 0. The van der Waals surface area contributed by atoms with Crippen LogP contribution >= 0.6 is 0 Å². The fourth-order valence-corrected chi connectivity index (χ4v) is 3.66. The number of aryl methyl sites for hydroxylation is 1. The zero-order chi connectivity index (χ0) is 18.2. The van der Waals surface area contributed by atoms with E-state index in [4.69, 9.17) is 9.73 Å². The molecule has 3 rings (SSSR count). The third-order valence-corrected chi connectivity index (χ3v) is 5.45. The number of rotatable bonds is 6. The summed E-state index contributed by atoms with van der Waals surface area (Å²) >= 11 is 0. The summed E-state index contributed by atoms with van der Waals surface area (Å²) < 4.78 is 7.97. The first kappa shape index (κ1) is 19.1. The molecule has 0 amide bonds. The fraction of sp³-hybridized carbons (Fsp3) is 0.842. The molecule has 1 aromatic rings. The second-order valence-electron chi connectivity index (χ2n) is 7.54. The number of hydrogen-bond acceptors (Lipinski definition) is 4. The maximum Gasteiger partial charge on any atom is 0.194 e. The Morgan fingerprint density at radius 1 is 1.31 bits per heavy atom. The number of aromatic nitrogens is 3. The van der Waals surface area contributed by atoms with Crippen LogP contribution in [0.1, 0.15) is 51.8 Å². The van der Waals surface area contributed by atoms with E-state index in [-0.39, 0.29) is 6.10 Å². The standard InChI is InChI=1S/C19H34N6O/c1-3-18-23-22-15-25(18)12-9-20-19(24-10-7-16(2)8-11-24)21-14-17-6-4-5-13-26-17/h15-17H,3-14H2,1-2H3,(H,20,21). The number of likely N-dealkylation sites (tertiary alicyclic amines) is 1. The second kappa shape index (κ2) is 9.90. The van der Waals surface area contributed by atoms with Crippen LogP contribution in [0.3, 0.4) is 0 Å². The van der Waals surface area contributed by atoms with Crippen molar-refractivity contribution in [3.63, 3.8) is 0 Å². The van der Waals surface area contributed by atoms with Crippen molar-refractivity contribution in [3.05, 3.63) is 12.2 Å². The third kappa shape index (κ3) is 5.43. The molecule has 2 fully saturated rings. The highest BCUT2D eigenvalue weighted by atomic mass is 16.5. The zero-order valence-corrected chi connectivity index (χ0v) is 16.4. The van der Waals surface area contributed by atoms with Gasteiger partial charge in [-0.05, 0) is 38.0 Å². The largest absolute Gasteiger partial charge is 0.376 e. The number of aliphatic imine (C=N–C) groups is 1. The molecule has 0 bridgehead atoms. The van der Waals surface area contributed by atoms with Gasteiger partial charge in [-0.1, -0.05) is 13.8 Å². The van der Waals surface area contributed by atoms with E-state index in [0.29, 0.717) is 0 Å². The summed E-state index contributed by atoms with van der Waals surface area (Å²) in [7, 11) is 0. The number of guanidine groups is 1. The molecule has 1 unspecified atom stereocenters. The van der Waals surface area contributed by atoms with Crippen LogP contribution in [-0.2, 0) is 17.7 Å².